The molecule has 3 heteroatoms. The topological polar surface area (TPSA) is 26.3 Å². The van der Waals surface area contributed by atoms with Gasteiger partial charge in [-0.05, 0) is 43.5 Å². The van der Waals surface area contributed by atoms with Crippen molar-refractivity contribution < 1.29 is 9.53 Å². The third-order valence-electron chi connectivity index (χ3n) is 2.34. The molecule has 0 N–H and O–H groups in total. The minimum absolute atomic E-state index is 0.153. The third kappa shape index (κ3) is 3.63. The van der Waals surface area contributed by atoms with Crippen LogP contribution in [0.2, 0.25) is 0 Å². The normalized spacial score (nSPS) is 10.2. The Bertz CT molecular complexity index is 363. The molecule has 16 heavy (non-hydrogen) atoms. The lowest BCUT2D eigenvalue weighted by molar-refractivity contribution is -0.121. The molecule has 0 amide bonds. The molecule has 0 radical (unpaired) electrons. The molecule has 0 aliphatic heterocycles. The Hall–Kier alpha value is -0.830. The third-order valence-corrected chi connectivity index (χ3v) is 3.59. The molecule has 0 spiro atoms. The second-order valence-electron chi connectivity index (χ2n) is 3.95. The fourth-order valence-corrected chi connectivity index (χ4v) is 1.73. The number of carbonyl (C=O) groups is 1. The molecule has 0 fully saturated rings. The van der Waals surface area contributed by atoms with Crippen molar-refractivity contribution in [3.8, 4) is 5.75 Å². The molecule has 0 bridgehead atoms. The Balaban J connectivity index is 2.65. The van der Waals surface area contributed by atoms with Crippen LogP contribution in [0.15, 0.2) is 16.6 Å². The second-order valence-corrected chi connectivity index (χ2v) is 4.74. The fourth-order valence-electron chi connectivity index (χ4n) is 1.50. The molecule has 0 heterocycles. The van der Waals surface area contributed by atoms with Crippen molar-refractivity contribution in [1.29, 1.82) is 0 Å². The van der Waals surface area contributed by atoms with Crippen molar-refractivity contribution in [2.75, 3.05) is 6.61 Å². The zero-order chi connectivity index (χ0) is 12.1. The summed E-state index contributed by atoms with van der Waals surface area (Å²) in [5, 5.41) is 0. The highest BCUT2D eigenvalue weighted by atomic mass is 79.9. The minimum Gasteiger partial charge on any atom is -0.486 e. The second kappa shape index (κ2) is 6.04. The lowest BCUT2D eigenvalue weighted by Gasteiger charge is -2.09. The average Bonchev–Trinajstić information content (AvgIpc) is 2.23. The van der Waals surface area contributed by atoms with Crippen molar-refractivity contribution in [3.05, 3.63) is 27.7 Å². The summed E-state index contributed by atoms with van der Waals surface area (Å²) in [6, 6.07) is 3.88. The van der Waals surface area contributed by atoms with Gasteiger partial charge >= 0.3 is 0 Å². The van der Waals surface area contributed by atoms with E-state index in [9.17, 15) is 4.79 Å². The predicted octanol–water partition coefficient (Wildman–Crippen LogP) is 3.81. The smallest absolute Gasteiger partial charge is 0.170 e. The molecule has 0 saturated carbocycles. The summed E-state index contributed by atoms with van der Waals surface area (Å²) in [5.74, 6) is 0.920. The first-order valence-electron chi connectivity index (χ1n) is 5.45. The van der Waals surface area contributed by atoms with Crippen LogP contribution < -0.4 is 4.74 Å². The number of rotatable bonds is 5. The average molecular weight is 285 g/mol. The van der Waals surface area contributed by atoms with E-state index in [0.717, 1.165) is 27.8 Å². The van der Waals surface area contributed by atoms with E-state index in [1.54, 1.807) is 0 Å². The Morgan fingerprint density at radius 1 is 1.31 bits per heavy atom. The Kier molecular flexibility index (Phi) is 5.00. The summed E-state index contributed by atoms with van der Waals surface area (Å²) in [6.07, 6.45) is 1.47. The van der Waals surface area contributed by atoms with E-state index in [4.69, 9.17) is 4.74 Å². The summed E-state index contributed by atoms with van der Waals surface area (Å²) in [4.78, 5) is 11.3. The van der Waals surface area contributed by atoms with Crippen molar-refractivity contribution in [2.45, 2.75) is 33.6 Å². The van der Waals surface area contributed by atoms with Crippen LogP contribution in [0.4, 0.5) is 0 Å². The van der Waals surface area contributed by atoms with E-state index < -0.39 is 0 Å². The highest BCUT2D eigenvalue weighted by molar-refractivity contribution is 9.10. The number of hydrogen-bond acceptors (Lipinski definition) is 2. The summed E-state index contributed by atoms with van der Waals surface area (Å²) in [6.45, 7) is 6.19. The quantitative estimate of drug-likeness (QED) is 0.822. The lowest BCUT2D eigenvalue weighted by atomic mass is 10.1. The summed E-state index contributed by atoms with van der Waals surface area (Å²) in [7, 11) is 0. The van der Waals surface area contributed by atoms with E-state index >= 15 is 0 Å². The van der Waals surface area contributed by atoms with Crippen LogP contribution >= 0.6 is 15.9 Å². The van der Waals surface area contributed by atoms with Crippen LogP contribution in [0.1, 0.15) is 30.9 Å². The molecule has 0 aliphatic carbocycles. The molecule has 1 aromatic rings. The summed E-state index contributed by atoms with van der Waals surface area (Å²) >= 11 is 3.50. The summed E-state index contributed by atoms with van der Waals surface area (Å²) < 4.78 is 6.56. The Labute approximate surface area is 105 Å². The van der Waals surface area contributed by atoms with Crippen LogP contribution in [0.25, 0.3) is 0 Å². The van der Waals surface area contributed by atoms with Gasteiger partial charge in [0.2, 0.25) is 0 Å². The van der Waals surface area contributed by atoms with Gasteiger partial charge in [-0.2, -0.15) is 0 Å². The maximum atomic E-state index is 11.3. The number of benzene rings is 1. The van der Waals surface area contributed by atoms with Gasteiger partial charge in [0.1, 0.15) is 12.4 Å². The molecule has 0 unspecified atom stereocenters. The van der Waals surface area contributed by atoms with Gasteiger partial charge in [0, 0.05) is 10.9 Å². The maximum absolute atomic E-state index is 11.3. The van der Waals surface area contributed by atoms with Crippen LogP contribution in [-0.2, 0) is 4.79 Å². The number of ketones is 1. The molecule has 1 rings (SSSR count). The zero-order valence-electron chi connectivity index (χ0n) is 9.97. The van der Waals surface area contributed by atoms with Gasteiger partial charge in [0.25, 0.3) is 0 Å². The molecule has 0 saturated heterocycles. The number of Topliss-reactive ketones (excluding diaryl/α,β-unsaturated/α-hetero) is 1. The van der Waals surface area contributed by atoms with Crippen LogP contribution in [0.3, 0.4) is 0 Å². The highest BCUT2D eigenvalue weighted by Crippen LogP contribution is 2.26. The maximum Gasteiger partial charge on any atom is 0.170 e. The highest BCUT2D eigenvalue weighted by Gasteiger charge is 2.05. The first kappa shape index (κ1) is 13.2. The van der Waals surface area contributed by atoms with Crippen molar-refractivity contribution in [1.82, 2.24) is 0 Å². The van der Waals surface area contributed by atoms with Crippen LogP contribution in [-0.4, -0.2) is 12.4 Å². The van der Waals surface area contributed by atoms with Gasteiger partial charge in [0.15, 0.2) is 5.78 Å². The number of hydrogen-bond donors (Lipinski definition) is 0. The zero-order valence-corrected chi connectivity index (χ0v) is 11.6. The number of ether oxygens (including phenoxy) is 1. The molecule has 0 aromatic heterocycles. The lowest BCUT2D eigenvalue weighted by Crippen LogP contribution is -2.10. The standard InChI is InChI=1S/C13H17BrO2/c1-4-5-11(15)8-16-12-6-9(2)13(14)10(3)7-12/h6-7H,4-5,8H2,1-3H3. The number of aryl methyl sites for hydroxylation is 2. The number of carbonyl (C=O) groups excluding carboxylic acids is 1. The van der Waals surface area contributed by atoms with Gasteiger partial charge in [-0.3, -0.25) is 4.79 Å². The van der Waals surface area contributed by atoms with E-state index in [1.165, 1.54) is 0 Å². The van der Waals surface area contributed by atoms with E-state index in [-0.39, 0.29) is 12.4 Å². The van der Waals surface area contributed by atoms with Crippen molar-refractivity contribution in [2.24, 2.45) is 0 Å². The van der Waals surface area contributed by atoms with Crippen molar-refractivity contribution in [3.63, 3.8) is 0 Å². The SMILES string of the molecule is CCCC(=O)COc1cc(C)c(Br)c(C)c1. The summed E-state index contributed by atoms with van der Waals surface area (Å²) in [5.41, 5.74) is 2.25. The van der Waals surface area contributed by atoms with Gasteiger partial charge in [0.05, 0.1) is 0 Å². The molecule has 0 atom stereocenters. The van der Waals surface area contributed by atoms with E-state index in [0.29, 0.717) is 6.42 Å². The van der Waals surface area contributed by atoms with Gasteiger partial charge in [-0.1, -0.05) is 22.9 Å². The fraction of sp³-hybridized carbons (Fsp3) is 0.462. The molecular formula is C13H17BrO2. The molecule has 1 aromatic carbocycles. The van der Waals surface area contributed by atoms with Gasteiger partial charge in [-0.25, -0.2) is 0 Å². The van der Waals surface area contributed by atoms with Crippen LogP contribution in [0.5, 0.6) is 5.75 Å². The first-order chi connectivity index (χ1) is 7.54. The number of halogens is 1. The molecule has 88 valence electrons. The Morgan fingerprint density at radius 2 is 1.88 bits per heavy atom. The van der Waals surface area contributed by atoms with Crippen LogP contribution in [0, 0.1) is 13.8 Å². The largest absolute Gasteiger partial charge is 0.486 e. The minimum atomic E-state index is 0.153. The first-order valence-corrected chi connectivity index (χ1v) is 6.25. The monoisotopic (exact) mass is 284 g/mol. The van der Waals surface area contributed by atoms with Gasteiger partial charge < -0.3 is 4.74 Å². The van der Waals surface area contributed by atoms with E-state index in [2.05, 4.69) is 15.9 Å². The molecule has 2 nitrogen and oxygen atoms in total. The molecular weight excluding hydrogens is 268 g/mol. The molecule has 0 aliphatic rings. The van der Waals surface area contributed by atoms with Gasteiger partial charge in [-0.15, -0.1) is 0 Å². The predicted molar refractivity (Wildman–Crippen MR) is 69.0 cm³/mol. The van der Waals surface area contributed by atoms with Crippen molar-refractivity contribution >= 4 is 21.7 Å². The Morgan fingerprint density at radius 3 is 2.38 bits per heavy atom. The van der Waals surface area contributed by atoms with E-state index in [1.807, 2.05) is 32.9 Å².